The highest BCUT2D eigenvalue weighted by atomic mass is 19.1. The van der Waals surface area contributed by atoms with Crippen LogP contribution in [0.3, 0.4) is 0 Å². The molecule has 0 aliphatic carbocycles. The van der Waals surface area contributed by atoms with Crippen LogP contribution in [0, 0.1) is 12.7 Å². The molecule has 3 aromatic rings. The number of aryl methyl sites for hydroxylation is 1. The summed E-state index contributed by atoms with van der Waals surface area (Å²) >= 11 is 0. The fourth-order valence-electron chi connectivity index (χ4n) is 3.69. The summed E-state index contributed by atoms with van der Waals surface area (Å²) in [7, 11) is 0. The Kier molecular flexibility index (Phi) is 5.50. The number of amides is 1. The summed E-state index contributed by atoms with van der Waals surface area (Å²) in [5.74, 6) is -2.19. The van der Waals surface area contributed by atoms with E-state index >= 15 is 0 Å². The molecule has 1 N–H and O–H groups in total. The van der Waals surface area contributed by atoms with Gasteiger partial charge in [0.25, 0.3) is 5.91 Å². The summed E-state index contributed by atoms with van der Waals surface area (Å²) in [6, 6.07) is 21.2. The minimum Gasteiger partial charge on any atom is -0.503 e. The number of halogens is 1. The highest BCUT2D eigenvalue weighted by molar-refractivity contribution is 6.19. The van der Waals surface area contributed by atoms with Gasteiger partial charge in [-0.3, -0.25) is 14.5 Å². The molecule has 0 unspecified atom stereocenters. The number of carbonyl (C=O) groups excluding carboxylic acids is 2. The van der Waals surface area contributed by atoms with E-state index in [0.29, 0.717) is 11.3 Å². The normalized spacial score (nSPS) is 16.4. The van der Waals surface area contributed by atoms with Gasteiger partial charge in [-0.25, -0.2) is 4.39 Å². The quantitative estimate of drug-likeness (QED) is 0.576. The zero-order valence-corrected chi connectivity index (χ0v) is 16.8. The van der Waals surface area contributed by atoms with Crippen molar-refractivity contribution in [1.82, 2.24) is 0 Å². The first kappa shape index (κ1) is 20.3. The third-order valence-electron chi connectivity index (χ3n) is 5.17. The van der Waals surface area contributed by atoms with Gasteiger partial charge in [0, 0.05) is 5.69 Å². The van der Waals surface area contributed by atoms with E-state index in [1.54, 1.807) is 24.3 Å². The molecule has 0 fully saturated rings. The average Bonchev–Trinajstić information content (AvgIpc) is 3.04. The van der Waals surface area contributed by atoms with Crippen LogP contribution in [-0.2, 0) is 9.59 Å². The summed E-state index contributed by atoms with van der Waals surface area (Å²) in [6.07, 6.45) is 2.97. The van der Waals surface area contributed by atoms with E-state index in [2.05, 4.69) is 0 Å². The van der Waals surface area contributed by atoms with Crippen molar-refractivity contribution in [2.75, 3.05) is 4.90 Å². The van der Waals surface area contributed by atoms with Crippen LogP contribution in [-0.4, -0.2) is 16.8 Å². The standard InChI is InChI=1S/C26H20FNO3/c1-17-6-5-9-21(16-17)28-24(19-11-13-20(27)14-12-19)23(25(30)26(28)31)22(29)15-10-18-7-3-2-4-8-18/h2-16,24,30H,1H3/b15-10+/t24-/m0/s1. The van der Waals surface area contributed by atoms with Gasteiger partial charge in [0.05, 0.1) is 11.6 Å². The number of hydrogen-bond donors (Lipinski definition) is 1. The van der Waals surface area contributed by atoms with E-state index in [9.17, 15) is 19.1 Å². The summed E-state index contributed by atoms with van der Waals surface area (Å²) in [6.45, 7) is 1.89. The van der Waals surface area contributed by atoms with Gasteiger partial charge in [-0.2, -0.15) is 0 Å². The maximum atomic E-state index is 13.5. The number of benzene rings is 3. The van der Waals surface area contributed by atoms with E-state index in [-0.39, 0.29) is 5.57 Å². The van der Waals surface area contributed by atoms with Gasteiger partial charge >= 0.3 is 0 Å². The van der Waals surface area contributed by atoms with E-state index < -0.39 is 29.3 Å². The van der Waals surface area contributed by atoms with Crippen LogP contribution in [0.5, 0.6) is 0 Å². The molecule has 0 saturated heterocycles. The van der Waals surface area contributed by atoms with Crippen molar-refractivity contribution in [3.8, 4) is 0 Å². The van der Waals surface area contributed by atoms with Crippen molar-refractivity contribution in [3.63, 3.8) is 0 Å². The van der Waals surface area contributed by atoms with E-state index in [0.717, 1.165) is 11.1 Å². The predicted octanol–water partition coefficient (Wildman–Crippen LogP) is 5.32. The van der Waals surface area contributed by atoms with Crippen molar-refractivity contribution in [2.45, 2.75) is 13.0 Å². The molecular weight excluding hydrogens is 393 g/mol. The van der Waals surface area contributed by atoms with Gasteiger partial charge < -0.3 is 5.11 Å². The molecule has 1 amide bonds. The predicted molar refractivity (Wildman–Crippen MR) is 118 cm³/mol. The van der Waals surface area contributed by atoms with Crippen LogP contribution < -0.4 is 4.90 Å². The third-order valence-corrected chi connectivity index (χ3v) is 5.17. The van der Waals surface area contributed by atoms with Crippen molar-refractivity contribution in [3.05, 3.63) is 119 Å². The summed E-state index contributed by atoms with van der Waals surface area (Å²) in [5, 5.41) is 10.7. The molecule has 4 nitrogen and oxygen atoms in total. The molecule has 1 atom stereocenters. The second kappa shape index (κ2) is 8.40. The lowest BCUT2D eigenvalue weighted by Crippen LogP contribution is -2.31. The zero-order chi connectivity index (χ0) is 22.0. The number of carbonyl (C=O) groups is 2. The number of ketones is 1. The lowest BCUT2D eigenvalue weighted by Gasteiger charge is -2.27. The van der Waals surface area contributed by atoms with Crippen LogP contribution in [0.15, 0.2) is 96.3 Å². The highest BCUT2D eigenvalue weighted by Gasteiger charge is 2.43. The second-order valence-electron chi connectivity index (χ2n) is 7.34. The Morgan fingerprint density at radius 2 is 1.71 bits per heavy atom. The lowest BCUT2D eigenvalue weighted by molar-refractivity contribution is -0.117. The zero-order valence-electron chi connectivity index (χ0n) is 16.8. The first-order valence-electron chi connectivity index (χ1n) is 9.82. The molecule has 0 spiro atoms. The van der Waals surface area contributed by atoms with Crippen LogP contribution >= 0.6 is 0 Å². The Balaban J connectivity index is 1.79. The van der Waals surface area contributed by atoms with Crippen LogP contribution in [0.1, 0.15) is 22.7 Å². The minimum atomic E-state index is -0.872. The van der Waals surface area contributed by atoms with Crippen molar-refractivity contribution in [2.24, 2.45) is 0 Å². The SMILES string of the molecule is Cc1cccc(N2C(=O)C(O)=C(C(=O)/C=C/c3ccccc3)[C@@H]2c2ccc(F)cc2)c1. The molecule has 1 aliphatic heterocycles. The Labute approximate surface area is 179 Å². The summed E-state index contributed by atoms with van der Waals surface area (Å²) in [5.41, 5.74) is 2.77. The fraction of sp³-hybridized carbons (Fsp3) is 0.0769. The molecule has 1 heterocycles. The summed E-state index contributed by atoms with van der Waals surface area (Å²) < 4.78 is 13.5. The fourth-order valence-corrected chi connectivity index (χ4v) is 3.69. The maximum absolute atomic E-state index is 13.5. The van der Waals surface area contributed by atoms with Gasteiger partial charge in [-0.1, -0.05) is 60.7 Å². The molecule has 0 bridgehead atoms. The number of aliphatic hydroxyl groups is 1. The van der Waals surface area contributed by atoms with E-state index in [1.165, 1.54) is 35.2 Å². The van der Waals surface area contributed by atoms with Gasteiger partial charge in [0.2, 0.25) is 0 Å². The molecule has 3 aromatic carbocycles. The number of nitrogens with zero attached hydrogens (tertiary/aromatic N) is 1. The van der Waals surface area contributed by atoms with Crippen molar-refractivity contribution in [1.29, 1.82) is 0 Å². The third kappa shape index (κ3) is 4.03. The Bertz CT molecular complexity index is 1200. The number of aliphatic hydroxyl groups excluding tert-OH is 1. The molecule has 1 aliphatic rings. The molecule has 0 saturated carbocycles. The summed E-state index contributed by atoms with van der Waals surface area (Å²) in [4.78, 5) is 27.5. The smallest absolute Gasteiger partial charge is 0.294 e. The van der Waals surface area contributed by atoms with E-state index in [1.807, 2.05) is 43.3 Å². The van der Waals surface area contributed by atoms with Crippen LogP contribution in [0.25, 0.3) is 6.08 Å². The Morgan fingerprint density at radius 1 is 1.00 bits per heavy atom. The van der Waals surface area contributed by atoms with Gasteiger partial charge in [-0.15, -0.1) is 0 Å². The first-order chi connectivity index (χ1) is 15.0. The van der Waals surface area contributed by atoms with Gasteiger partial charge in [0.1, 0.15) is 5.82 Å². The van der Waals surface area contributed by atoms with Crippen molar-refractivity contribution < 1.29 is 19.1 Å². The number of allylic oxidation sites excluding steroid dienone is 1. The first-order valence-corrected chi connectivity index (χ1v) is 9.82. The van der Waals surface area contributed by atoms with E-state index in [4.69, 9.17) is 0 Å². The molecule has 5 heteroatoms. The molecular formula is C26H20FNO3. The number of rotatable bonds is 5. The number of hydrogen-bond acceptors (Lipinski definition) is 3. The second-order valence-corrected chi connectivity index (χ2v) is 7.34. The molecule has 4 rings (SSSR count). The van der Waals surface area contributed by atoms with Gasteiger partial charge in [-0.05, 0) is 54.0 Å². The molecule has 31 heavy (non-hydrogen) atoms. The topological polar surface area (TPSA) is 57.6 Å². The molecule has 154 valence electrons. The van der Waals surface area contributed by atoms with Crippen LogP contribution in [0.2, 0.25) is 0 Å². The largest absolute Gasteiger partial charge is 0.503 e. The average molecular weight is 413 g/mol. The number of anilines is 1. The highest BCUT2D eigenvalue weighted by Crippen LogP contribution is 2.41. The molecule has 0 aromatic heterocycles. The minimum absolute atomic E-state index is 0.0368. The lowest BCUT2D eigenvalue weighted by atomic mass is 9.95. The maximum Gasteiger partial charge on any atom is 0.294 e. The monoisotopic (exact) mass is 413 g/mol. The Morgan fingerprint density at radius 3 is 2.39 bits per heavy atom. The van der Waals surface area contributed by atoms with Crippen LogP contribution in [0.4, 0.5) is 10.1 Å². The van der Waals surface area contributed by atoms with Gasteiger partial charge in [0.15, 0.2) is 11.5 Å². The Hall–Kier alpha value is -3.99. The van der Waals surface area contributed by atoms with Crippen molar-refractivity contribution >= 4 is 23.5 Å². The molecule has 0 radical (unpaired) electrons.